The highest BCUT2D eigenvalue weighted by molar-refractivity contribution is 6.04. The molecule has 0 atom stereocenters. The standard InChI is InChI=1S/C12H13NO3/c1-13-7-10(12(14)16-3)9-6-8(15-2)4-5-11(9)13/h4-7H,1-3H3. The van der Waals surface area contributed by atoms with Gasteiger partial charge < -0.3 is 14.0 Å². The minimum Gasteiger partial charge on any atom is -0.497 e. The van der Waals surface area contributed by atoms with E-state index in [-0.39, 0.29) is 5.97 Å². The molecule has 4 nitrogen and oxygen atoms in total. The molecular formula is C12H13NO3. The van der Waals surface area contributed by atoms with Gasteiger partial charge in [-0.15, -0.1) is 0 Å². The zero-order chi connectivity index (χ0) is 11.7. The summed E-state index contributed by atoms with van der Waals surface area (Å²) in [6.45, 7) is 0. The first-order valence-corrected chi connectivity index (χ1v) is 4.88. The number of methoxy groups -OCH3 is 2. The van der Waals surface area contributed by atoms with Gasteiger partial charge in [0.15, 0.2) is 0 Å². The van der Waals surface area contributed by atoms with E-state index in [2.05, 4.69) is 0 Å². The second kappa shape index (κ2) is 3.89. The van der Waals surface area contributed by atoms with E-state index in [1.54, 1.807) is 13.3 Å². The van der Waals surface area contributed by atoms with Gasteiger partial charge in [-0.3, -0.25) is 0 Å². The number of nitrogens with zero attached hydrogens (tertiary/aromatic N) is 1. The van der Waals surface area contributed by atoms with Gasteiger partial charge >= 0.3 is 5.97 Å². The van der Waals surface area contributed by atoms with Crippen LogP contribution in [-0.2, 0) is 11.8 Å². The number of ether oxygens (including phenoxy) is 2. The van der Waals surface area contributed by atoms with Crippen molar-refractivity contribution < 1.29 is 14.3 Å². The van der Waals surface area contributed by atoms with Crippen molar-refractivity contribution in [3.8, 4) is 5.75 Å². The normalized spacial score (nSPS) is 10.4. The van der Waals surface area contributed by atoms with E-state index in [1.807, 2.05) is 29.8 Å². The fourth-order valence-electron chi connectivity index (χ4n) is 1.77. The molecule has 1 aromatic carbocycles. The molecule has 84 valence electrons. The van der Waals surface area contributed by atoms with E-state index in [4.69, 9.17) is 9.47 Å². The number of rotatable bonds is 2. The molecule has 0 aliphatic heterocycles. The quantitative estimate of drug-likeness (QED) is 0.725. The number of carbonyl (C=O) groups is 1. The molecule has 0 aliphatic carbocycles. The average molecular weight is 219 g/mol. The summed E-state index contributed by atoms with van der Waals surface area (Å²) in [7, 11) is 4.87. The number of fused-ring (bicyclic) bond motifs is 1. The molecule has 0 fully saturated rings. The smallest absolute Gasteiger partial charge is 0.340 e. The van der Waals surface area contributed by atoms with Gasteiger partial charge in [-0.1, -0.05) is 0 Å². The van der Waals surface area contributed by atoms with Gasteiger partial charge in [0.05, 0.1) is 19.8 Å². The SMILES string of the molecule is COC(=O)c1cn(C)c2ccc(OC)cc12. The summed E-state index contributed by atoms with van der Waals surface area (Å²) in [6.07, 6.45) is 1.76. The molecule has 1 heterocycles. The summed E-state index contributed by atoms with van der Waals surface area (Å²) in [5, 5.41) is 0.841. The van der Waals surface area contributed by atoms with E-state index >= 15 is 0 Å². The Balaban J connectivity index is 2.70. The van der Waals surface area contributed by atoms with Crippen molar-refractivity contribution in [2.75, 3.05) is 14.2 Å². The van der Waals surface area contributed by atoms with E-state index in [9.17, 15) is 4.79 Å². The lowest BCUT2D eigenvalue weighted by atomic mass is 10.1. The van der Waals surface area contributed by atoms with Crippen LogP contribution >= 0.6 is 0 Å². The summed E-state index contributed by atoms with van der Waals surface area (Å²) in [6, 6.07) is 5.62. The minimum absolute atomic E-state index is 0.334. The largest absolute Gasteiger partial charge is 0.497 e. The number of aromatic nitrogens is 1. The highest BCUT2D eigenvalue weighted by Gasteiger charge is 2.14. The molecular weight excluding hydrogens is 206 g/mol. The fraction of sp³-hybridized carbons (Fsp3) is 0.250. The summed E-state index contributed by atoms with van der Waals surface area (Å²) in [5.41, 5.74) is 1.53. The van der Waals surface area contributed by atoms with E-state index in [0.717, 1.165) is 16.7 Å². The number of hydrogen-bond acceptors (Lipinski definition) is 3. The molecule has 1 aromatic heterocycles. The molecule has 0 saturated carbocycles. The summed E-state index contributed by atoms with van der Waals surface area (Å²) in [4.78, 5) is 11.6. The van der Waals surface area contributed by atoms with E-state index in [1.165, 1.54) is 7.11 Å². The first-order chi connectivity index (χ1) is 7.67. The number of esters is 1. The van der Waals surface area contributed by atoms with Crippen molar-refractivity contribution in [2.45, 2.75) is 0 Å². The predicted octanol–water partition coefficient (Wildman–Crippen LogP) is 1.97. The topological polar surface area (TPSA) is 40.5 Å². The first kappa shape index (κ1) is 10.5. The van der Waals surface area contributed by atoms with Crippen molar-refractivity contribution in [3.63, 3.8) is 0 Å². The van der Waals surface area contributed by atoms with Crippen LogP contribution in [0.25, 0.3) is 10.9 Å². The van der Waals surface area contributed by atoms with Crippen LogP contribution < -0.4 is 4.74 Å². The summed E-state index contributed by atoms with van der Waals surface area (Å²) >= 11 is 0. The molecule has 0 radical (unpaired) electrons. The third kappa shape index (κ3) is 1.52. The monoisotopic (exact) mass is 219 g/mol. The highest BCUT2D eigenvalue weighted by Crippen LogP contribution is 2.25. The lowest BCUT2D eigenvalue weighted by molar-refractivity contribution is 0.0603. The molecule has 0 bridgehead atoms. The van der Waals surface area contributed by atoms with Gasteiger partial charge in [0, 0.05) is 24.1 Å². The summed E-state index contributed by atoms with van der Waals surface area (Å²) in [5.74, 6) is 0.391. The molecule has 16 heavy (non-hydrogen) atoms. The molecule has 4 heteroatoms. The number of hydrogen-bond donors (Lipinski definition) is 0. The Bertz CT molecular complexity index is 542. The number of aryl methyl sites for hydroxylation is 1. The predicted molar refractivity (Wildman–Crippen MR) is 60.8 cm³/mol. The lowest BCUT2D eigenvalue weighted by Gasteiger charge is -2.01. The molecule has 2 rings (SSSR count). The van der Waals surface area contributed by atoms with Crippen molar-refractivity contribution >= 4 is 16.9 Å². The number of carbonyl (C=O) groups excluding carboxylic acids is 1. The van der Waals surface area contributed by atoms with E-state index < -0.39 is 0 Å². The van der Waals surface area contributed by atoms with Gasteiger partial charge in [0.1, 0.15) is 5.75 Å². The van der Waals surface area contributed by atoms with Gasteiger partial charge in [-0.05, 0) is 18.2 Å². The molecule has 2 aromatic rings. The zero-order valence-electron chi connectivity index (χ0n) is 9.48. The second-order valence-electron chi connectivity index (χ2n) is 3.53. The van der Waals surface area contributed by atoms with Crippen LogP contribution in [0.5, 0.6) is 5.75 Å². The third-order valence-corrected chi connectivity index (χ3v) is 2.60. The van der Waals surface area contributed by atoms with Crippen LogP contribution in [0.3, 0.4) is 0 Å². The van der Waals surface area contributed by atoms with Crippen LogP contribution in [0, 0.1) is 0 Å². The van der Waals surface area contributed by atoms with Gasteiger partial charge in [-0.2, -0.15) is 0 Å². The molecule has 0 N–H and O–H groups in total. The van der Waals surface area contributed by atoms with Gasteiger partial charge in [0.2, 0.25) is 0 Å². The average Bonchev–Trinajstić information content (AvgIpc) is 2.65. The molecule has 0 aliphatic rings. The number of benzene rings is 1. The first-order valence-electron chi connectivity index (χ1n) is 4.88. The highest BCUT2D eigenvalue weighted by atomic mass is 16.5. The van der Waals surface area contributed by atoms with Crippen LogP contribution in [0.1, 0.15) is 10.4 Å². The Kier molecular flexibility index (Phi) is 2.56. The molecule has 0 amide bonds. The maximum Gasteiger partial charge on any atom is 0.340 e. The third-order valence-electron chi connectivity index (χ3n) is 2.60. The van der Waals surface area contributed by atoms with Crippen LogP contribution in [0.2, 0.25) is 0 Å². The second-order valence-corrected chi connectivity index (χ2v) is 3.53. The van der Waals surface area contributed by atoms with Crippen molar-refractivity contribution in [3.05, 3.63) is 30.0 Å². The Hall–Kier alpha value is -1.97. The Morgan fingerprint density at radius 2 is 2.06 bits per heavy atom. The van der Waals surface area contributed by atoms with Crippen molar-refractivity contribution in [1.29, 1.82) is 0 Å². The molecule has 0 spiro atoms. The summed E-state index contributed by atoms with van der Waals surface area (Å²) < 4.78 is 11.8. The van der Waals surface area contributed by atoms with Crippen LogP contribution in [0.4, 0.5) is 0 Å². The lowest BCUT2D eigenvalue weighted by Crippen LogP contribution is -1.99. The van der Waals surface area contributed by atoms with Crippen molar-refractivity contribution in [1.82, 2.24) is 4.57 Å². The molecule has 0 saturated heterocycles. The Morgan fingerprint density at radius 3 is 2.69 bits per heavy atom. The Labute approximate surface area is 93.4 Å². The van der Waals surface area contributed by atoms with Crippen LogP contribution in [-0.4, -0.2) is 24.8 Å². The van der Waals surface area contributed by atoms with E-state index in [0.29, 0.717) is 5.56 Å². The maximum absolute atomic E-state index is 11.6. The van der Waals surface area contributed by atoms with Crippen molar-refractivity contribution in [2.24, 2.45) is 7.05 Å². The molecule has 0 unspecified atom stereocenters. The zero-order valence-corrected chi connectivity index (χ0v) is 9.48. The van der Waals surface area contributed by atoms with Gasteiger partial charge in [0.25, 0.3) is 0 Å². The Morgan fingerprint density at radius 1 is 1.31 bits per heavy atom. The maximum atomic E-state index is 11.6. The fourth-order valence-corrected chi connectivity index (χ4v) is 1.77. The minimum atomic E-state index is -0.334. The van der Waals surface area contributed by atoms with Crippen LogP contribution in [0.15, 0.2) is 24.4 Å². The van der Waals surface area contributed by atoms with Gasteiger partial charge in [-0.25, -0.2) is 4.79 Å².